The van der Waals surface area contributed by atoms with E-state index in [2.05, 4.69) is 22.9 Å². The molecule has 3 amide bonds. The predicted molar refractivity (Wildman–Crippen MR) is 98.3 cm³/mol. The average molecular weight is 344 g/mol. The lowest BCUT2D eigenvalue weighted by Gasteiger charge is -2.35. The molecular weight excluding hydrogens is 316 g/mol. The van der Waals surface area contributed by atoms with E-state index in [-0.39, 0.29) is 23.9 Å². The van der Waals surface area contributed by atoms with Crippen LogP contribution in [-0.2, 0) is 4.79 Å². The van der Waals surface area contributed by atoms with Gasteiger partial charge in [0, 0.05) is 24.8 Å². The monoisotopic (exact) mass is 344 g/mol. The number of rotatable bonds is 3. The molecule has 0 saturated carbocycles. The molecule has 2 saturated heterocycles. The highest BCUT2D eigenvalue weighted by Crippen LogP contribution is 2.19. The normalized spacial score (nSPS) is 26.8. The third-order valence-corrected chi connectivity index (χ3v) is 5.22. The minimum atomic E-state index is -0.126. The molecule has 3 unspecified atom stereocenters. The van der Waals surface area contributed by atoms with Gasteiger partial charge in [-0.25, -0.2) is 4.79 Å². The van der Waals surface area contributed by atoms with Crippen molar-refractivity contribution in [2.24, 2.45) is 11.8 Å². The molecule has 6 nitrogen and oxygen atoms in total. The fourth-order valence-electron chi connectivity index (χ4n) is 3.63. The molecule has 0 spiro atoms. The number of carbonyl (C=O) groups excluding carboxylic acids is 2. The number of para-hydroxylation sites is 1. The first-order valence-electron chi connectivity index (χ1n) is 9.25. The van der Waals surface area contributed by atoms with E-state index in [1.807, 2.05) is 30.3 Å². The largest absolute Gasteiger partial charge is 0.353 e. The molecule has 3 rings (SSSR count). The topological polar surface area (TPSA) is 73.5 Å². The number of urea groups is 1. The summed E-state index contributed by atoms with van der Waals surface area (Å²) >= 11 is 0. The zero-order valence-electron chi connectivity index (χ0n) is 14.8. The summed E-state index contributed by atoms with van der Waals surface area (Å²) in [5.41, 5.74) is 0.780. The number of piperidine rings is 2. The number of carbonyl (C=O) groups is 2. The summed E-state index contributed by atoms with van der Waals surface area (Å²) < 4.78 is 0. The van der Waals surface area contributed by atoms with E-state index in [0.29, 0.717) is 19.0 Å². The molecular formula is C19H28N4O2. The first-order chi connectivity index (χ1) is 12.1. The summed E-state index contributed by atoms with van der Waals surface area (Å²) in [4.78, 5) is 26.9. The van der Waals surface area contributed by atoms with Gasteiger partial charge in [0.1, 0.15) is 0 Å². The van der Waals surface area contributed by atoms with Crippen LogP contribution in [0.3, 0.4) is 0 Å². The second-order valence-corrected chi connectivity index (χ2v) is 7.17. The van der Waals surface area contributed by atoms with Gasteiger partial charge in [0.05, 0.1) is 5.92 Å². The summed E-state index contributed by atoms with van der Waals surface area (Å²) in [6, 6.07) is 9.54. The lowest BCUT2D eigenvalue weighted by Crippen LogP contribution is -2.52. The van der Waals surface area contributed by atoms with Gasteiger partial charge in [-0.1, -0.05) is 25.1 Å². The Balaban J connectivity index is 1.53. The molecule has 2 aliphatic rings. The molecule has 1 aromatic rings. The summed E-state index contributed by atoms with van der Waals surface area (Å²) in [6.45, 7) is 5.25. The Hall–Kier alpha value is -2.08. The highest BCUT2D eigenvalue weighted by molar-refractivity contribution is 5.90. The van der Waals surface area contributed by atoms with Crippen LogP contribution in [0.1, 0.15) is 26.2 Å². The van der Waals surface area contributed by atoms with Gasteiger partial charge in [-0.05, 0) is 50.4 Å². The van der Waals surface area contributed by atoms with Crippen molar-refractivity contribution in [1.82, 2.24) is 15.5 Å². The maximum Gasteiger partial charge on any atom is 0.321 e. The highest BCUT2D eigenvalue weighted by atomic mass is 16.2. The van der Waals surface area contributed by atoms with Crippen molar-refractivity contribution in [2.75, 3.05) is 31.5 Å². The minimum Gasteiger partial charge on any atom is -0.353 e. The minimum absolute atomic E-state index is 0.0935. The van der Waals surface area contributed by atoms with Crippen molar-refractivity contribution in [1.29, 1.82) is 0 Å². The number of hydrogen-bond acceptors (Lipinski definition) is 3. The number of nitrogens with zero attached hydrogens (tertiary/aromatic N) is 1. The van der Waals surface area contributed by atoms with Crippen LogP contribution in [0.15, 0.2) is 30.3 Å². The maximum atomic E-state index is 12.6. The van der Waals surface area contributed by atoms with Crippen molar-refractivity contribution in [3.63, 3.8) is 0 Å². The van der Waals surface area contributed by atoms with Crippen LogP contribution in [0, 0.1) is 11.8 Å². The van der Waals surface area contributed by atoms with Crippen molar-refractivity contribution in [2.45, 2.75) is 32.2 Å². The van der Waals surface area contributed by atoms with Gasteiger partial charge in [0.15, 0.2) is 0 Å². The first kappa shape index (κ1) is 17.7. The van der Waals surface area contributed by atoms with Crippen LogP contribution < -0.4 is 16.0 Å². The van der Waals surface area contributed by atoms with Gasteiger partial charge < -0.3 is 20.9 Å². The van der Waals surface area contributed by atoms with Crippen LogP contribution >= 0.6 is 0 Å². The summed E-state index contributed by atoms with van der Waals surface area (Å²) in [7, 11) is 0. The molecule has 0 aliphatic carbocycles. The molecule has 3 N–H and O–H groups in total. The molecule has 2 aliphatic heterocycles. The predicted octanol–water partition coefficient (Wildman–Crippen LogP) is 2.04. The van der Waals surface area contributed by atoms with Crippen LogP contribution in [0.25, 0.3) is 0 Å². The quantitative estimate of drug-likeness (QED) is 0.786. The van der Waals surface area contributed by atoms with Gasteiger partial charge in [-0.3, -0.25) is 4.79 Å². The summed E-state index contributed by atoms with van der Waals surface area (Å²) in [5, 5.41) is 9.47. The molecule has 3 atom stereocenters. The molecule has 0 aromatic heterocycles. The zero-order valence-corrected chi connectivity index (χ0v) is 14.8. The van der Waals surface area contributed by atoms with E-state index in [1.54, 1.807) is 4.90 Å². The van der Waals surface area contributed by atoms with Crippen LogP contribution in [0.5, 0.6) is 0 Å². The van der Waals surface area contributed by atoms with E-state index in [9.17, 15) is 9.59 Å². The average Bonchev–Trinajstić information content (AvgIpc) is 2.64. The SMILES string of the molecule is CC1CNCCC1NC(=O)C1CCCN(C(=O)Nc2ccccc2)C1. The lowest BCUT2D eigenvalue weighted by molar-refractivity contribution is -0.127. The van der Waals surface area contributed by atoms with Crippen LogP contribution in [-0.4, -0.2) is 49.1 Å². The molecule has 25 heavy (non-hydrogen) atoms. The van der Waals surface area contributed by atoms with E-state index < -0.39 is 0 Å². The Bertz CT molecular complexity index is 592. The van der Waals surface area contributed by atoms with Gasteiger partial charge in [0.2, 0.25) is 5.91 Å². The summed E-state index contributed by atoms with van der Waals surface area (Å²) in [6.07, 6.45) is 2.68. The fourth-order valence-corrected chi connectivity index (χ4v) is 3.63. The number of anilines is 1. The van der Waals surface area contributed by atoms with Crippen molar-refractivity contribution < 1.29 is 9.59 Å². The molecule has 0 bridgehead atoms. The second-order valence-electron chi connectivity index (χ2n) is 7.17. The zero-order chi connectivity index (χ0) is 17.6. The fraction of sp³-hybridized carbons (Fsp3) is 0.579. The number of nitrogens with one attached hydrogen (secondary N) is 3. The van der Waals surface area contributed by atoms with Crippen LogP contribution in [0.2, 0.25) is 0 Å². The Morgan fingerprint density at radius 1 is 1.20 bits per heavy atom. The van der Waals surface area contributed by atoms with Crippen molar-refractivity contribution >= 4 is 17.6 Å². The maximum absolute atomic E-state index is 12.6. The Morgan fingerprint density at radius 2 is 2.00 bits per heavy atom. The highest BCUT2D eigenvalue weighted by Gasteiger charge is 2.31. The Labute approximate surface area is 149 Å². The summed E-state index contributed by atoms with van der Waals surface area (Å²) in [5.74, 6) is 0.423. The van der Waals surface area contributed by atoms with Gasteiger partial charge in [-0.15, -0.1) is 0 Å². The second kappa shape index (κ2) is 8.34. The lowest BCUT2D eigenvalue weighted by atomic mass is 9.92. The molecule has 136 valence electrons. The molecule has 6 heteroatoms. The van der Waals surface area contributed by atoms with Gasteiger partial charge in [-0.2, -0.15) is 0 Å². The molecule has 2 heterocycles. The van der Waals surface area contributed by atoms with Crippen LogP contribution in [0.4, 0.5) is 10.5 Å². The van der Waals surface area contributed by atoms with Crippen molar-refractivity contribution in [3.05, 3.63) is 30.3 Å². The third kappa shape index (κ3) is 4.72. The smallest absolute Gasteiger partial charge is 0.321 e. The van der Waals surface area contributed by atoms with E-state index in [4.69, 9.17) is 0 Å². The molecule has 1 aromatic carbocycles. The van der Waals surface area contributed by atoms with Gasteiger partial charge in [0.25, 0.3) is 0 Å². The first-order valence-corrected chi connectivity index (χ1v) is 9.25. The standard InChI is InChI=1S/C19H28N4O2/c1-14-12-20-10-9-17(14)22-18(24)15-6-5-11-23(13-15)19(25)21-16-7-3-2-4-8-16/h2-4,7-8,14-15,17,20H,5-6,9-13H2,1H3,(H,21,25)(H,22,24). The van der Waals surface area contributed by atoms with Gasteiger partial charge >= 0.3 is 6.03 Å². The number of likely N-dealkylation sites (tertiary alicyclic amines) is 1. The Kier molecular flexibility index (Phi) is 5.91. The van der Waals surface area contributed by atoms with E-state index in [0.717, 1.165) is 38.0 Å². The van der Waals surface area contributed by atoms with Crippen molar-refractivity contribution in [3.8, 4) is 0 Å². The number of hydrogen-bond donors (Lipinski definition) is 3. The Morgan fingerprint density at radius 3 is 2.76 bits per heavy atom. The number of benzene rings is 1. The number of amides is 3. The van der Waals surface area contributed by atoms with E-state index in [1.165, 1.54) is 0 Å². The third-order valence-electron chi connectivity index (χ3n) is 5.22. The molecule has 2 fully saturated rings. The molecule has 0 radical (unpaired) electrons. The van der Waals surface area contributed by atoms with E-state index >= 15 is 0 Å².